The van der Waals surface area contributed by atoms with Crippen molar-refractivity contribution < 1.29 is 18.7 Å². The summed E-state index contributed by atoms with van der Waals surface area (Å²) in [5, 5.41) is 2.27. The molecule has 3 atom stereocenters. The minimum Gasteiger partial charge on any atom is -0.463 e. The maximum absolute atomic E-state index is 11.4. The zero-order chi connectivity index (χ0) is 25.7. The molecule has 35 heavy (non-hydrogen) atoms. The second-order valence-electron chi connectivity index (χ2n) is 11.0. The molecule has 0 aromatic heterocycles. The van der Waals surface area contributed by atoms with Crippen molar-refractivity contribution in [1.29, 1.82) is 0 Å². The Hall–Kier alpha value is -2.44. The van der Waals surface area contributed by atoms with Crippen molar-refractivity contribution in [2.24, 2.45) is 0 Å². The van der Waals surface area contributed by atoms with Gasteiger partial charge in [-0.25, -0.2) is 0 Å². The minimum atomic E-state index is -2.78. The SMILES string of the molecule is CC(=O)OC[C@@H]1C=C[C@@H](O[Si](c2ccccc2)(c2ccccc2)C(C)(C)C)[C@@H](C#C[Si](C)(C)C)O1. The molecule has 4 nitrogen and oxygen atoms in total. The highest BCUT2D eigenvalue weighted by Crippen LogP contribution is 2.38. The summed E-state index contributed by atoms with van der Waals surface area (Å²) < 4.78 is 18.9. The number of hydrogen-bond donors (Lipinski definition) is 0. The highest BCUT2D eigenvalue weighted by molar-refractivity contribution is 6.99. The molecular formula is C29H38O4Si2. The predicted octanol–water partition coefficient (Wildman–Crippen LogP) is 4.70. The molecular weight excluding hydrogens is 468 g/mol. The third kappa shape index (κ3) is 6.83. The average molecular weight is 507 g/mol. The lowest BCUT2D eigenvalue weighted by atomic mass is 10.1. The minimum absolute atomic E-state index is 0.158. The quantitative estimate of drug-likeness (QED) is 0.247. The fraction of sp³-hybridized carbons (Fsp3) is 0.414. The number of benzene rings is 2. The number of carbonyl (C=O) groups excluding carboxylic acids is 1. The van der Waals surface area contributed by atoms with E-state index in [4.69, 9.17) is 13.9 Å². The first-order chi connectivity index (χ1) is 16.4. The summed E-state index contributed by atoms with van der Waals surface area (Å²) in [4.78, 5) is 11.4. The largest absolute Gasteiger partial charge is 0.463 e. The van der Waals surface area contributed by atoms with Crippen molar-refractivity contribution in [3.63, 3.8) is 0 Å². The molecule has 1 heterocycles. The van der Waals surface area contributed by atoms with Gasteiger partial charge in [0.05, 0.1) is 0 Å². The summed E-state index contributed by atoms with van der Waals surface area (Å²) >= 11 is 0. The first-order valence-corrected chi connectivity index (χ1v) is 17.6. The molecule has 186 valence electrons. The van der Waals surface area contributed by atoms with E-state index in [2.05, 4.69) is 106 Å². The molecule has 0 fully saturated rings. The van der Waals surface area contributed by atoms with Crippen molar-refractivity contribution in [2.75, 3.05) is 6.61 Å². The molecule has 1 aliphatic rings. The van der Waals surface area contributed by atoms with Gasteiger partial charge in [-0.2, -0.15) is 0 Å². The van der Waals surface area contributed by atoms with Crippen LogP contribution >= 0.6 is 0 Å². The summed E-state index contributed by atoms with van der Waals surface area (Å²) in [6.07, 6.45) is 2.85. The zero-order valence-corrected chi connectivity index (χ0v) is 24.0. The first-order valence-electron chi connectivity index (χ1n) is 12.2. The summed E-state index contributed by atoms with van der Waals surface area (Å²) in [5.74, 6) is 3.08. The van der Waals surface area contributed by atoms with E-state index in [-0.39, 0.29) is 29.8 Å². The Morgan fingerprint density at radius 2 is 1.49 bits per heavy atom. The van der Waals surface area contributed by atoms with Crippen LogP contribution in [0.2, 0.25) is 24.7 Å². The predicted molar refractivity (Wildman–Crippen MR) is 148 cm³/mol. The summed E-state index contributed by atoms with van der Waals surface area (Å²) in [6, 6.07) is 21.2. The van der Waals surface area contributed by atoms with Crippen molar-refractivity contribution >= 4 is 32.7 Å². The molecule has 2 aromatic carbocycles. The number of carbonyl (C=O) groups is 1. The van der Waals surface area contributed by atoms with Crippen LogP contribution in [0, 0.1) is 11.5 Å². The lowest BCUT2D eigenvalue weighted by Gasteiger charge is -2.46. The Morgan fingerprint density at radius 3 is 1.94 bits per heavy atom. The third-order valence-electron chi connectivity index (χ3n) is 5.91. The van der Waals surface area contributed by atoms with Crippen LogP contribution in [0.1, 0.15) is 27.7 Å². The topological polar surface area (TPSA) is 44.8 Å². The van der Waals surface area contributed by atoms with Crippen LogP contribution in [0.25, 0.3) is 0 Å². The van der Waals surface area contributed by atoms with E-state index in [1.807, 2.05) is 18.2 Å². The van der Waals surface area contributed by atoms with Crippen molar-refractivity contribution in [3.05, 3.63) is 72.8 Å². The first kappa shape index (κ1) is 27.2. The second kappa shape index (κ2) is 11.1. The van der Waals surface area contributed by atoms with Gasteiger partial charge in [-0.15, -0.1) is 5.54 Å². The summed E-state index contributed by atoms with van der Waals surface area (Å²) in [7, 11) is -4.43. The van der Waals surface area contributed by atoms with E-state index in [0.29, 0.717) is 0 Å². The number of hydrogen-bond acceptors (Lipinski definition) is 4. The number of ether oxygens (including phenoxy) is 2. The molecule has 0 unspecified atom stereocenters. The van der Waals surface area contributed by atoms with Crippen LogP contribution < -0.4 is 10.4 Å². The van der Waals surface area contributed by atoms with E-state index in [9.17, 15) is 4.79 Å². The van der Waals surface area contributed by atoms with Gasteiger partial charge in [-0.3, -0.25) is 4.79 Å². The fourth-order valence-corrected chi connectivity index (χ4v) is 9.54. The van der Waals surface area contributed by atoms with Gasteiger partial charge in [-0.05, 0) is 15.4 Å². The Kier molecular flexibility index (Phi) is 8.60. The van der Waals surface area contributed by atoms with Crippen LogP contribution in [0.4, 0.5) is 0 Å². The molecule has 0 saturated carbocycles. The smallest absolute Gasteiger partial charge is 0.302 e. The molecule has 0 saturated heterocycles. The molecule has 0 radical (unpaired) electrons. The summed E-state index contributed by atoms with van der Waals surface area (Å²) in [6.45, 7) is 15.0. The highest BCUT2D eigenvalue weighted by Gasteiger charge is 2.52. The van der Waals surface area contributed by atoms with Crippen LogP contribution in [0.5, 0.6) is 0 Å². The number of rotatable bonds is 6. The molecule has 0 aliphatic carbocycles. The van der Waals surface area contributed by atoms with Gasteiger partial charge < -0.3 is 13.9 Å². The van der Waals surface area contributed by atoms with E-state index in [0.717, 1.165) is 0 Å². The normalized spacial score (nSPS) is 20.6. The molecule has 0 amide bonds. The highest BCUT2D eigenvalue weighted by atomic mass is 28.4. The Balaban J connectivity index is 2.11. The monoisotopic (exact) mass is 506 g/mol. The van der Waals surface area contributed by atoms with Gasteiger partial charge in [0, 0.05) is 6.92 Å². The van der Waals surface area contributed by atoms with E-state index >= 15 is 0 Å². The van der Waals surface area contributed by atoms with Crippen molar-refractivity contribution in [1.82, 2.24) is 0 Å². The molecule has 0 spiro atoms. The van der Waals surface area contributed by atoms with Crippen LogP contribution in [0.15, 0.2) is 72.8 Å². The average Bonchev–Trinajstić information content (AvgIpc) is 2.80. The summed E-state index contributed by atoms with van der Waals surface area (Å²) in [5.41, 5.74) is 3.47. The van der Waals surface area contributed by atoms with Gasteiger partial charge in [0.15, 0.2) is 0 Å². The molecule has 6 heteroatoms. The Morgan fingerprint density at radius 1 is 0.943 bits per heavy atom. The molecule has 0 bridgehead atoms. The lowest BCUT2D eigenvalue weighted by molar-refractivity contribution is -0.145. The van der Waals surface area contributed by atoms with Gasteiger partial charge in [0.2, 0.25) is 0 Å². The van der Waals surface area contributed by atoms with E-state index in [1.54, 1.807) is 0 Å². The van der Waals surface area contributed by atoms with Crippen molar-refractivity contribution in [2.45, 2.75) is 70.7 Å². The van der Waals surface area contributed by atoms with Gasteiger partial charge >= 0.3 is 5.97 Å². The fourth-order valence-electron chi connectivity index (χ4n) is 4.34. The van der Waals surface area contributed by atoms with Crippen molar-refractivity contribution in [3.8, 4) is 11.5 Å². The van der Waals surface area contributed by atoms with Gasteiger partial charge in [0.1, 0.15) is 33.0 Å². The number of esters is 1. The van der Waals surface area contributed by atoms with Gasteiger partial charge in [-0.1, -0.05) is 119 Å². The standard InChI is InChI=1S/C29H38O4Si2/c1-23(30)31-22-24-18-19-28(27(32-24)20-21-34(5,6)7)33-35(29(2,3)4,25-14-10-8-11-15-25)26-16-12-9-13-17-26/h8-19,24,27-28H,22H2,1-7H3/t24-,27+,28+/m0/s1. The lowest BCUT2D eigenvalue weighted by Crippen LogP contribution is -2.68. The Labute approximate surface area is 212 Å². The van der Waals surface area contributed by atoms with Crippen LogP contribution in [0.3, 0.4) is 0 Å². The van der Waals surface area contributed by atoms with Crippen LogP contribution in [-0.2, 0) is 18.7 Å². The molecule has 2 aromatic rings. The molecule has 1 aliphatic heterocycles. The third-order valence-corrected chi connectivity index (χ3v) is 11.8. The molecule has 0 N–H and O–H groups in total. The molecule has 3 rings (SSSR count). The van der Waals surface area contributed by atoms with E-state index in [1.165, 1.54) is 17.3 Å². The zero-order valence-electron chi connectivity index (χ0n) is 22.0. The van der Waals surface area contributed by atoms with Crippen LogP contribution in [-0.4, -0.2) is 47.3 Å². The maximum atomic E-state index is 11.4. The van der Waals surface area contributed by atoms with E-state index < -0.39 is 22.5 Å². The second-order valence-corrected chi connectivity index (χ2v) is 20.1. The van der Waals surface area contributed by atoms with Gasteiger partial charge in [0.25, 0.3) is 8.32 Å². The Bertz CT molecular complexity index is 1030. The maximum Gasteiger partial charge on any atom is 0.302 e.